The van der Waals surface area contributed by atoms with Gasteiger partial charge in [0.2, 0.25) is 0 Å². The van der Waals surface area contributed by atoms with E-state index in [9.17, 15) is 15.3 Å². The van der Waals surface area contributed by atoms with Gasteiger partial charge in [-0.3, -0.25) is 10.4 Å². The third-order valence-electron chi connectivity index (χ3n) is 4.56. The molecule has 1 fully saturated rings. The number of aromatic nitrogens is 1. The molecule has 29 heavy (non-hydrogen) atoms. The number of rotatable bonds is 5. The number of thiazole rings is 1. The fourth-order valence-electron chi connectivity index (χ4n) is 3.13. The van der Waals surface area contributed by atoms with E-state index in [1.165, 1.54) is 23.1 Å². The van der Waals surface area contributed by atoms with E-state index >= 15 is 0 Å². The summed E-state index contributed by atoms with van der Waals surface area (Å²) < 4.78 is 6.51. The van der Waals surface area contributed by atoms with Gasteiger partial charge < -0.3 is 20.1 Å². The van der Waals surface area contributed by atoms with E-state index in [-0.39, 0.29) is 6.61 Å². The number of halogens is 2. The van der Waals surface area contributed by atoms with Crippen LogP contribution in [0.4, 0.5) is 0 Å². The molecule has 4 rings (SSSR count). The van der Waals surface area contributed by atoms with Crippen molar-refractivity contribution in [3.63, 3.8) is 0 Å². The molecule has 3 heterocycles. The molecule has 0 saturated carbocycles. The van der Waals surface area contributed by atoms with Gasteiger partial charge in [-0.2, -0.15) is 0 Å². The quantitative estimate of drug-likeness (QED) is 0.402. The lowest BCUT2D eigenvalue weighted by molar-refractivity contribution is -0.189. The summed E-state index contributed by atoms with van der Waals surface area (Å²) in [6.07, 6.45) is 0.396. The molecule has 1 aromatic carbocycles. The minimum Gasteiger partial charge on any atom is -0.394 e. The van der Waals surface area contributed by atoms with Gasteiger partial charge >= 0.3 is 0 Å². The van der Waals surface area contributed by atoms with Gasteiger partial charge in [0.1, 0.15) is 40.5 Å². The lowest BCUT2D eigenvalue weighted by atomic mass is 9.97. The Morgan fingerprint density at radius 2 is 2.17 bits per heavy atom. The zero-order chi connectivity index (χ0) is 20.5. The van der Waals surface area contributed by atoms with Crippen molar-refractivity contribution < 1.29 is 20.1 Å². The summed E-state index contributed by atoms with van der Waals surface area (Å²) in [5, 5.41) is 36.2. The molecule has 2 aliphatic rings. The van der Waals surface area contributed by atoms with Gasteiger partial charge in [0.25, 0.3) is 0 Å². The van der Waals surface area contributed by atoms with Crippen molar-refractivity contribution in [2.45, 2.75) is 34.7 Å². The fourth-order valence-corrected chi connectivity index (χ4v) is 5.48. The molecule has 1 saturated heterocycles. The highest BCUT2D eigenvalue weighted by Gasteiger charge is 2.48. The zero-order valence-electron chi connectivity index (χ0n) is 14.8. The maximum absolute atomic E-state index is 11.0. The van der Waals surface area contributed by atoms with Gasteiger partial charge in [0.15, 0.2) is 0 Å². The number of benzene rings is 1. The summed E-state index contributed by atoms with van der Waals surface area (Å²) in [6, 6.07) is 4.62. The predicted molar refractivity (Wildman–Crippen MR) is 115 cm³/mol. The Bertz CT molecular complexity index is 890. The summed E-state index contributed by atoms with van der Waals surface area (Å²) in [4.78, 5) is 5.07. The van der Waals surface area contributed by atoms with Crippen molar-refractivity contribution in [1.29, 1.82) is 0 Å². The van der Waals surface area contributed by atoms with Gasteiger partial charge in [-0.1, -0.05) is 23.4 Å². The summed E-state index contributed by atoms with van der Waals surface area (Å²) in [5.41, 5.74) is 5.93. The molecule has 5 N–H and O–H groups in total. The zero-order valence-corrected chi connectivity index (χ0v) is 18.7. The van der Waals surface area contributed by atoms with Crippen LogP contribution in [0.15, 0.2) is 45.3 Å². The molecule has 2 aliphatic heterocycles. The predicted octanol–water partition coefficient (Wildman–Crippen LogP) is 1.78. The van der Waals surface area contributed by atoms with Crippen LogP contribution in [0.3, 0.4) is 0 Å². The summed E-state index contributed by atoms with van der Waals surface area (Å²) >= 11 is 12.2. The van der Waals surface area contributed by atoms with E-state index in [4.69, 9.17) is 16.3 Å². The van der Waals surface area contributed by atoms with Gasteiger partial charge in [-0.25, -0.2) is 4.98 Å². The highest BCUT2D eigenvalue weighted by Crippen LogP contribution is 2.37. The summed E-state index contributed by atoms with van der Waals surface area (Å²) in [7, 11) is 0. The maximum Gasteiger partial charge on any atom is 0.142 e. The number of thioether (sulfide) groups is 1. The lowest BCUT2D eigenvalue weighted by Gasteiger charge is -2.45. The van der Waals surface area contributed by atoms with Crippen molar-refractivity contribution >= 4 is 56.3 Å². The Hall–Kier alpha value is -0.890. The first-order chi connectivity index (χ1) is 14.0. The van der Waals surface area contributed by atoms with Gasteiger partial charge in [-0.15, -0.1) is 16.9 Å². The summed E-state index contributed by atoms with van der Waals surface area (Å²) in [5.74, 6) is 0. The van der Waals surface area contributed by atoms with E-state index in [1.807, 2.05) is 17.5 Å². The van der Waals surface area contributed by atoms with Crippen LogP contribution in [0.5, 0.6) is 0 Å². The normalized spacial score (nSPS) is 29.6. The molecule has 1 aromatic heterocycles. The first-order valence-electron chi connectivity index (χ1n) is 8.64. The van der Waals surface area contributed by atoms with E-state index in [1.54, 1.807) is 23.5 Å². The van der Waals surface area contributed by atoms with Gasteiger partial charge in [0.05, 0.1) is 11.6 Å². The molecule has 156 valence electrons. The van der Waals surface area contributed by atoms with Crippen LogP contribution in [-0.2, 0) is 4.74 Å². The van der Waals surface area contributed by atoms with Crippen molar-refractivity contribution in [2.75, 3.05) is 6.61 Å². The van der Waals surface area contributed by atoms with Gasteiger partial charge in [-0.05, 0) is 34.1 Å². The fraction of sp³-hybridized carbons (Fsp3) is 0.353. The molecule has 0 aliphatic carbocycles. The second-order valence-electron chi connectivity index (χ2n) is 6.42. The number of aliphatic hydroxyl groups excluding tert-OH is 3. The smallest absolute Gasteiger partial charge is 0.142 e. The number of nitrogens with one attached hydrogen (secondary N) is 2. The van der Waals surface area contributed by atoms with E-state index in [0.717, 1.165) is 20.1 Å². The Balaban J connectivity index is 1.56. The molecule has 8 nitrogen and oxygen atoms in total. The topological polar surface area (TPSA) is 110 Å². The molecule has 0 spiro atoms. The maximum atomic E-state index is 11.0. The Kier molecular flexibility index (Phi) is 6.69. The number of hydrogen-bond acceptors (Lipinski definition) is 10. The van der Waals surface area contributed by atoms with E-state index in [0.29, 0.717) is 5.02 Å². The minimum atomic E-state index is -1.12. The van der Waals surface area contributed by atoms with E-state index in [2.05, 4.69) is 31.9 Å². The highest BCUT2D eigenvalue weighted by atomic mass is 79.9. The number of hydrogen-bond donors (Lipinski definition) is 5. The number of nitrogens with zero attached hydrogens (tertiary/aromatic N) is 2. The molecule has 2 aromatic rings. The average molecular weight is 522 g/mol. The Morgan fingerprint density at radius 3 is 2.86 bits per heavy atom. The molecule has 3 unspecified atom stereocenters. The van der Waals surface area contributed by atoms with E-state index < -0.39 is 29.8 Å². The van der Waals surface area contributed by atoms with Crippen LogP contribution in [0.25, 0.3) is 5.70 Å². The molecular formula is C17H18BrClN4O4S2. The van der Waals surface area contributed by atoms with Crippen LogP contribution in [0.1, 0.15) is 5.01 Å². The third kappa shape index (κ3) is 4.43. The first-order valence-corrected chi connectivity index (χ1v) is 11.6. The number of ether oxygens (including phenoxy) is 1. The Morgan fingerprint density at radius 1 is 1.34 bits per heavy atom. The largest absolute Gasteiger partial charge is 0.394 e. The molecular weight excluding hydrogens is 504 g/mol. The lowest BCUT2D eigenvalue weighted by Crippen LogP contribution is -2.65. The second-order valence-corrected chi connectivity index (χ2v) is 9.74. The second kappa shape index (κ2) is 9.08. The monoisotopic (exact) mass is 520 g/mol. The molecule has 5 atom stereocenters. The average Bonchev–Trinajstić information content (AvgIpc) is 3.39. The first kappa shape index (κ1) is 21.3. The van der Waals surface area contributed by atoms with Crippen molar-refractivity contribution in [2.24, 2.45) is 0 Å². The third-order valence-corrected chi connectivity index (χ3v) is 7.73. The van der Waals surface area contributed by atoms with Crippen molar-refractivity contribution in [3.8, 4) is 0 Å². The molecule has 0 radical (unpaired) electrons. The summed E-state index contributed by atoms with van der Waals surface area (Å²) in [6.45, 7) is -0.379. The van der Waals surface area contributed by atoms with Crippen LogP contribution in [-0.4, -0.2) is 61.7 Å². The minimum absolute atomic E-state index is 0.379. The SMILES string of the molecule is OCC1O[C@H](Sc2ccc(Cl)c(Br)c2)C(O)C(N2C=C(c3nccs3)NN2)[C@H]1O. The standard InChI is InChI=1S/C17H18BrClN4O4S2/c18-9-5-8(1-2-10(9)19)29-17-15(26)13(14(25)12(7-24)27-17)23-6-11(21-22-23)16-20-3-4-28-16/h1-6,12-15,17,21-22,24-26H,7H2/t12?,13?,14-,15?,17+/m0/s1. The number of aliphatic hydroxyl groups is 3. The van der Waals surface area contributed by atoms with Crippen LogP contribution < -0.4 is 11.0 Å². The van der Waals surface area contributed by atoms with Crippen LogP contribution in [0.2, 0.25) is 5.02 Å². The highest BCUT2D eigenvalue weighted by molar-refractivity contribution is 9.10. The van der Waals surface area contributed by atoms with Crippen molar-refractivity contribution in [3.05, 3.63) is 50.5 Å². The van der Waals surface area contributed by atoms with Crippen LogP contribution in [0, 0.1) is 0 Å². The number of hydrazine groups is 2. The molecule has 12 heteroatoms. The van der Waals surface area contributed by atoms with Crippen molar-refractivity contribution in [1.82, 2.24) is 21.0 Å². The van der Waals surface area contributed by atoms with Gasteiger partial charge in [0, 0.05) is 27.1 Å². The molecule has 0 amide bonds. The van der Waals surface area contributed by atoms with Crippen LogP contribution >= 0.6 is 50.6 Å². The Labute approximate surface area is 188 Å². The molecule has 0 bridgehead atoms.